The number of amidine groups is 1. The first-order chi connectivity index (χ1) is 15.7. The lowest BCUT2D eigenvalue weighted by Gasteiger charge is -2.34. The molecule has 0 saturated heterocycles. The van der Waals surface area contributed by atoms with E-state index in [9.17, 15) is 4.79 Å². The van der Waals surface area contributed by atoms with Crippen LogP contribution in [0.2, 0.25) is 0 Å². The number of hydrogen-bond acceptors (Lipinski definition) is 7. The molecule has 3 heterocycles. The monoisotopic (exact) mass is 443 g/mol. The standard InChI is InChI=1S/C26H25N3O4/c1-25(2,3)33-23(30)12-16-6-8-21-19(11-16)26(15-31-24(27)29-26)20-13-17(7-9-22(20)32-21)18-5-4-10-28-14-18/h4-11,13-14H,12,15H2,1-3H3,(H2,27,29)/t26-/m1/s1. The first-order valence-electron chi connectivity index (χ1n) is 10.8. The Bertz CT molecular complexity index is 1260. The lowest BCUT2D eigenvalue weighted by molar-refractivity contribution is -0.153. The molecule has 0 amide bonds. The van der Waals surface area contributed by atoms with E-state index >= 15 is 0 Å². The van der Waals surface area contributed by atoms with Crippen molar-refractivity contribution in [3.8, 4) is 22.6 Å². The predicted molar refractivity (Wildman–Crippen MR) is 124 cm³/mol. The van der Waals surface area contributed by atoms with E-state index in [1.165, 1.54) is 0 Å². The Hall–Kier alpha value is -3.87. The number of aromatic nitrogens is 1. The summed E-state index contributed by atoms with van der Waals surface area (Å²) >= 11 is 0. The van der Waals surface area contributed by atoms with Crippen molar-refractivity contribution < 1.29 is 19.0 Å². The van der Waals surface area contributed by atoms with Crippen LogP contribution in [0.4, 0.5) is 0 Å². The van der Waals surface area contributed by atoms with Gasteiger partial charge in [0.2, 0.25) is 0 Å². The van der Waals surface area contributed by atoms with Crippen LogP contribution in [0.1, 0.15) is 37.5 Å². The van der Waals surface area contributed by atoms with Gasteiger partial charge in [-0.3, -0.25) is 9.78 Å². The van der Waals surface area contributed by atoms with Gasteiger partial charge in [-0.15, -0.1) is 0 Å². The number of esters is 1. The van der Waals surface area contributed by atoms with Crippen LogP contribution >= 0.6 is 0 Å². The molecule has 2 N–H and O–H groups in total. The SMILES string of the molecule is CC(C)(C)OC(=O)Cc1ccc2c(c1)[C@]1(COC(N)=N1)c1cc(-c3cccnc3)ccc1O2. The molecule has 0 fully saturated rings. The number of nitrogens with zero attached hydrogens (tertiary/aromatic N) is 2. The van der Waals surface area contributed by atoms with Gasteiger partial charge < -0.3 is 19.9 Å². The Labute approximate surface area is 192 Å². The van der Waals surface area contributed by atoms with Gasteiger partial charge in [0.15, 0.2) is 5.54 Å². The highest BCUT2D eigenvalue weighted by Gasteiger charge is 2.47. The number of nitrogens with two attached hydrogens (primary N) is 1. The molecule has 2 aromatic carbocycles. The summed E-state index contributed by atoms with van der Waals surface area (Å²) < 4.78 is 17.4. The van der Waals surface area contributed by atoms with E-state index in [2.05, 4.69) is 4.98 Å². The maximum absolute atomic E-state index is 12.4. The number of benzene rings is 2. The Morgan fingerprint density at radius 1 is 1.09 bits per heavy atom. The number of rotatable bonds is 3. The molecular formula is C26H25N3O4. The number of carbonyl (C=O) groups excluding carboxylic acids is 1. The maximum atomic E-state index is 12.4. The summed E-state index contributed by atoms with van der Waals surface area (Å²) in [5.74, 6) is 1.06. The fraction of sp³-hybridized carbons (Fsp3) is 0.269. The zero-order chi connectivity index (χ0) is 23.2. The molecule has 0 saturated carbocycles. The van der Waals surface area contributed by atoms with Crippen molar-refractivity contribution >= 4 is 12.0 Å². The van der Waals surface area contributed by atoms with Gasteiger partial charge >= 0.3 is 5.97 Å². The average molecular weight is 444 g/mol. The molecule has 1 spiro atoms. The normalized spacial score (nSPS) is 18.6. The second kappa shape index (κ2) is 7.62. The van der Waals surface area contributed by atoms with E-state index < -0.39 is 11.1 Å². The lowest BCUT2D eigenvalue weighted by atomic mass is 9.79. The van der Waals surface area contributed by atoms with Crippen LogP contribution in [-0.2, 0) is 26.2 Å². The van der Waals surface area contributed by atoms with Crippen LogP contribution in [0.3, 0.4) is 0 Å². The Morgan fingerprint density at radius 2 is 1.85 bits per heavy atom. The van der Waals surface area contributed by atoms with Gasteiger partial charge in [0.25, 0.3) is 6.02 Å². The van der Waals surface area contributed by atoms with Gasteiger partial charge in [0.05, 0.1) is 6.42 Å². The zero-order valence-corrected chi connectivity index (χ0v) is 18.8. The van der Waals surface area contributed by atoms with Gasteiger partial charge in [-0.1, -0.05) is 18.2 Å². The number of fused-ring (bicyclic) bond motifs is 4. The van der Waals surface area contributed by atoms with Crippen LogP contribution in [0.25, 0.3) is 11.1 Å². The summed E-state index contributed by atoms with van der Waals surface area (Å²) in [6, 6.07) is 15.7. The summed E-state index contributed by atoms with van der Waals surface area (Å²) in [5.41, 5.74) is 9.01. The number of carbonyl (C=O) groups is 1. The Morgan fingerprint density at radius 3 is 2.52 bits per heavy atom. The van der Waals surface area contributed by atoms with E-state index in [4.69, 9.17) is 24.9 Å². The highest BCUT2D eigenvalue weighted by molar-refractivity contribution is 5.78. The first kappa shape index (κ1) is 21.0. The number of hydrogen-bond donors (Lipinski definition) is 1. The molecular weight excluding hydrogens is 418 g/mol. The molecule has 3 aromatic rings. The molecule has 7 nitrogen and oxygen atoms in total. The molecule has 1 aromatic heterocycles. The van der Waals surface area contributed by atoms with Crippen molar-refractivity contribution in [3.05, 3.63) is 77.6 Å². The van der Waals surface area contributed by atoms with E-state index in [1.807, 2.05) is 75.5 Å². The summed E-state index contributed by atoms with van der Waals surface area (Å²) in [5, 5.41) is 0. The molecule has 0 bridgehead atoms. The third-order valence-electron chi connectivity index (χ3n) is 5.63. The van der Waals surface area contributed by atoms with E-state index in [1.54, 1.807) is 6.20 Å². The van der Waals surface area contributed by atoms with Crippen molar-refractivity contribution in [3.63, 3.8) is 0 Å². The Balaban J connectivity index is 1.59. The van der Waals surface area contributed by atoms with Crippen molar-refractivity contribution in [2.45, 2.75) is 38.3 Å². The van der Waals surface area contributed by atoms with Crippen LogP contribution in [0.15, 0.2) is 65.9 Å². The van der Waals surface area contributed by atoms with E-state index in [-0.39, 0.29) is 25.0 Å². The third kappa shape index (κ3) is 3.91. The second-order valence-electron chi connectivity index (χ2n) is 9.25. The second-order valence-corrected chi connectivity index (χ2v) is 9.25. The summed E-state index contributed by atoms with van der Waals surface area (Å²) in [4.78, 5) is 21.4. The molecule has 168 valence electrons. The topological polar surface area (TPSA) is 96.0 Å². The van der Waals surface area contributed by atoms with Gasteiger partial charge in [-0.05, 0) is 62.2 Å². The first-order valence-corrected chi connectivity index (χ1v) is 10.8. The van der Waals surface area contributed by atoms with Gasteiger partial charge in [0, 0.05) is 29.1 Å². The lowest BCUT2D eigenvalue weighted by Crippen LogP contribution is -2.31. The van der Waals surface area contributed by atoms with Gasteiger partial charge in [-0.2, -0.15) is 0 Å². The number of aliphatic imine (C=N–C) groups is 1. The summed E-state index contributed by atoms with van der Waals surface area (Å²) in [6.45, 7) is 5.80. The van der Waals surface area contributed by atoms with E-state index in [0.717, 1.165) is 27.8 Å². The molecule has 1 atom stereocenters. The average Bonchev–Trinajstić information content (AvgIpc) is 3.16. The van der Waals surface area contributed by atoms with Crippen LogP contribution in [0, 0.1) is 0 Å². The maximum Gasteiger partial charge on any atom is 0.310 e. The molecule has 7 heteroatoms. The summed E-state index contributed by atoms with van der Waals surface area (Å²) in [7, 11) is 0. The smallest absolute Gasteiger partial charge is 0.310 e. The predicted octanol–water partition coefficient (Wildman–Crippen LogP) is 4.33. The van der Waals surface area contributed by atoms with Gasteiger partial charge in [0.1, 0.15) is 23.7 Å². The molecule has 0 aliphatic carbocycles. The fourth-order valence-electron chi connectivity index (χ4n) is 4.27. The fourth-order valence-corrected chi connectivity index (χ4v) is 4.27. The van der Waals surface area contributed by atoms with Crippen LogP contribution in [-0.4, -0.2) is 29.2 Å². The van der Waals surface area contributed by atoms with Crippen molar-refractivity contribution in [2.75, 3.05) is 6.61 Å². The highest BCUT2D eigenvalue weighted by Crippen LogP contribution is 2.51. The van der Waals surface area contributed by atoms with Crippen molar-refractivity contribution in [1.29, 1.82) is 0 Å². The van der Waals surface area contributed by atoms with Gasteiger partial charge in [-0.25, -0.2) is 4.99 Å². The molecule has 0 radical (unpaired) electrons. The third-order valence-corrected chi connectivity index (χ3v) is 5.63. The minimum absolute atomic E-state index is 0.123. The molecule has 0 unspecified atom stereocenters. The number of pyridine rings is 1. The molecule has 33 heavy (non-hydrogen) atoms. The van der Waals surface area contributed by atoms with Crippen LogP contribution in [0.5, 0.6) is 11.5 Å². The Kier molecular flexibility index (Phi) is 4.85. The minimum atomic E-state index is -0.866. The molecule has 2 aliphatic heterocycles. The highest BCUT2D eigenvalue weighted by atomic mass is 16.6. The molecule has 5 rings (SSSR count). The number of ether oxygens (including phenoxy) is 3. The van der Waals surface area contributed by atoms with E-state index in [0.29, 0.717) is 11.5 Å². The van der Waals surface area contributed by atoms with Crippen molar-refractivity contribution in [1.82, 2.24) is 4.98 Å². The quantitative estimate of drug-likeness (QED) is 0.606. The van der Waals surface area contributed by atoms with Crippen LogP contribution < -0.4 is 10.5 Å². The zero-order valence-electron chi connectivity index (χ0n) is 18.8. The molecule has 2 aliphatic rings. The van der Waals surface area contributed by atoms with Crippen molar-refractivity contribution in [2.24, 2.45) is 10.7 Å². The minimum Gasteiger partial charge on any atom is -0.462 e. The summed E-state index contributed by atoms with van der Waals surface area (Å²) in [6.07, 6.45) is 3.70. The largest absolute Gasteiger partial charge is 0.462 e.